The van der Waals surface area contributed by atoms with Crippen molar-refractivity contribution in [1.29, 1.82) is 0 Å². The Hall–Kier alpha value is -3.51. The summed E-state index contributed by atoms with van der Waals surface area (Å²) in [5.74, 6) is 3.56. The number of nitrogens with zero attached hydrogens (tertiary/aromatic N) is 1. The van der Waals surface area contributed by atoms with E-state index >= 15 is 0 Å². The summed E-state index contributed by atoms with van der Waals surface area (Å²) in [5.41, 5.74) is 9.58. The highest BCUT2D eigenvalue weighted by molar-refractivity contribution is 5.77. The van der Waals surface area contributed by atoms with Crippen molar-refractivity contribution in [2.75, 3.05) is 33.6 Å². The number of likely N-dealkylation sites (tertiary alicyclic amines) is 1. The van der Waals surface area contributed by atoms with E-state index in [1.165, 1.54) is 33.4 Å². The van der Waals surface area contributed by atoms with E-state index in [1.807, 2.05) is 6.07 Å². The van der Waals surface area contributed by atoms with Crippen LogP contribution in [-0.2, 0) is 24.1 Å². The number of ether oxygens (including phenoxy) is 4. The number of carbonyl (C=O) groups is 1. The number of Topliss-reactive ketones (excluding diaryl/α,β-unsaturated/α-hetero) is 1. The lowest BCUT2D eigenvalue weighted by Gasteiger charge is -2.23. The van der Waals surface area contributed by atoms with Gasteiger partial charge in [-0.3, -0.25) is 9.69 Å². The molecule has 3 aromatic rings. The number of ketones is 1. The quantitative estimate of drug-likeness (QED) is 0.315. The molecule has 3 aromatic carbocycles. The van der Waals surface area contributed by atoms with E-state index < -0.39 is 0 Å². The van der Waals surface area contributed by atoms with Gasteiger partial charge in [-0.2, -0.15) is 0 Å². The molecule has 41 heavy (non-hydrogen) atoms. The molecule has 2 atom stereocenters. The monoisotopic (exact) mass is 557 g/mol. The third-order valence-electron chi connectivity index (χ3n) is 8.61. The van der Waals surface area contributed by atoms with E-state index in [-0.39, 0.29) is 24.5 Å². The molecule has 0 amide bonds. The maximum absolute atomic E-state index is 11.9. The van der Waals surface area contributed by atoms with Crippen LogP contribution in [0.2, 0.25) is 0 Å². The average molecular weight is 558 g/mol. The van der Waals surface area contributed by atoms with E-state index in [9.17, 15) is 4.79 Å². The molecule has 0 spiro atoms. The van der Waals surface area contributed by atoms with E-state index in [0.717, 1.165) is 55.9 Å². The second-order valence-corrected chi connectivity index (χ2v) is 11.4. The zero-order valence-corrected chi connectivity index (χ0v) is 25.3. The van der Waals surface area contributed by atoms with Crippen LogP contribution in [0.15, 0.2) is 42.5 Å². The minimum atomic E-state index is 0.184. The summed E-state index contributed by atoms with van der Waals surface area (Å²) in [6.07, 6.45) is 4.20. The summed E-state index contributed by atoms with van der Waals surface area (Å²) in [6, 6.07) is 15.4. The molecule has 0 radical (unpaired) electrons. The van der Waals surface area contributed by atoms with E-state index in [0.29, 0.717) is 18.0 Å². The fourth-order valence-corrected chi connectivity index (χ4v) is 6.50. The van der Waals surface area contributed by atoms with Crippen LogP contribution >= 0.6 is 0 Å². The molecule has 3 aliphatic rings. The molecule has 3 heterocycles. The molecule has 0 saturated carbocycles. The molecule has 6 heteroatoms. The minimum Gasteiger partial charge on any atom is -0.493 e. The Kier molecular flexibility index (Phi) is 8.88. The maximum atomic E-state index is 11.9. The fraction of sp³-hybridized carbons (Fsp3) is 0.457. The van der Waals surface area contributed by atoms with Gasteiger partial charge < -0.3 is 18.9 Å². The topological polar surface area (TPSA) is 57.2 Å². The number of aryl methyl sites for hydroxylation is 3. The Balaban J connectivity index is 0.000000237. The van der Waals surface area contributed by atoms with Crippen molar-refractivity contribution in [3.8, 4) is 23.0 Å². The third kappa shape index (κ3) is 6.23. The summed E-state index contributed by atoms with van der Waals surface area (Å²) in [5, 5.41) is 0. The summed E-state index contributed by atoms with van der Waals surface area (Å²) in [4.78, 5) is 14.2. The molecular formula is C35H43NO5. The lowest BCUT2D eigenvalue weighted by molar-refractivity contribution is -0.118. The van der Waals surface area contributed by atoms with Gasteiger partial charge in [0, 0.05) is 19.0 Å². The van der Waals surface area contributed by atoms with Crippen LogP contribution in [0.1, 0.15) is 78.1 Å². The highest BCUT2D eigenvalue weighted by Crippen LogP contribution is 2.47. The summed E-state index contributed by atoms with van der Waals surface area (Å²) < 4.78 is 22.3. The van der Waals surface area contributed by atoms with Gasteiger partial charge in [0.15, 0.2) is 11.5 Å². The fourth-order valence-electron chi connectivity index (χ4n) is 6.50. The highest BCUT2D eigenvalue weighted by atomic mass is 16.7. The Bertz CT molecular complexity index is 1390. The first-order chi connectivity index (χ1) is 19.8. The van der Waals surface area contributed by atoms with E-state index in [4.69, 9.17) is 18.9 Å². The van der Waals surface area contributed by atoms with E-state index in [1.54, 1.807) is 14.0 Å². The number of benzene rings is 3. The summed E-state index contributed by atoms with van der Waals surface area (Å²) >= 11 is 0. The number of methoxy groups -OCH3 is 1. The lowest BCUT2D eigenvalue weighted by Crippen LogP contribution is -2.28. The smallest absolute Gasteiger partial charge is 0.231 e. The molecule has 6 nitrogen and oxygen atoms in total. The number of fused-ring (bicyclic) bond motifs is 2. The molecule has 0 bridgehead atoms. The van der Waals surface area contributed by atoms with Crippen molar-refractivity contribution in [3.05, 3.63) is 81.4 Å². The van der Waals surface area contributed by atoms with Crippen molar-refractivity contribution in [1.82, 2.24) is 4.90 Å². The van der Waals surface area contributed by atoms with Crippen LogP contribution in [0, 0.1) is 13.8 Å². The molecule has 0 aliphatic carbocycles. The number of carbonyl (C=O) groups excluding carboxylic acids is 1. The average Bonchev–Trinajstić information content (AvgIpc) is 3.72. The molecule has 218 valence electrons. The Morgan fingerprint density at radius 3 is 2.39 bits per heavy atom. The summed E-state index contributed by atoms with van der Waals surface area (Å²) in [7, 11) is 1.65. The van der Waals surface area contributed by atoms with Crippen LogP contribution < -0.4 is 18.9 Å². The zero-order chi connectivity index (χ0) is 29.1. The predicted octanol–water partition coefficient (Wildman–Crippen LogP) is 6.91. The normalized spacial score (nSPS) is 18.9. The number of hydrogen-bond donors (Lipinski definition) is 0. The van der Waals surface area contributed by atoms with Crippen LogP contribution in [-0.4, -0.2) is 44.3 Å². The first-order valence-corrected chi connectivity index (χ1v) is 14.9. The largest absolute Gasteiger partial charge is 0.493 e. The first-order valence-electron chi connectivity index (χ1n) is 14.9. The van der Waals surface area contributed by atoms with Gasteiger partial charge in [-0.1, -0.05) is 43.7 Å². The van der Waals surface area contributed by atoms with Gasteiger partial charge in [0.2, 0.25) is 12.5 Å². The number of hydrogen-bond acceptors (Lipinski definition) is 6. The van der Waals surface area contributed by atoms with E-state index in [2.05, 4.69) is 69.0 Å². The van der Waals surface area contributed by atoms with Crippen LogP contribution in [0.3, 0.4) is 0 Å². The standard InChI is InChI=1S/C23H25NO5.C12H18/c1-14(25)11-24-12-18(17-9-21(26-2)23-22(10-17)28-13-29-23)8-19(24)15-3-4-20-16(7-15)5-6-27-20;1-5-11-7-9(3)8-12(6-2)10(11)4/h3-4,7,9-10,18-19H,5-6,8,11-13H2,1-2H3;7-8H,5-6H2,1-4H3/t18-,19-;/m1./s1. The highest BCUT2D eigenvalue weighted by Gasteiger charge is 2.36. The Morgan fingerprint density at radius 1 is 0.951 bits per heavy atom. The van der Waals surface area contributed by atoms with Crippen molar-refractivity contribution in [3.63, 3.8) is 0 Å². The van der Waals surface area contributed by atoms with Gasteiger partial charge in [-0.25, -0.2) is 0 Å². The predicted molar refractivity (Wildman–Crippen MR) is 162 cm³/mol. The molecule has 1 saturated heterocycles. The molecular weight excluding hydrogens is 514 g/mol. The lowest BCUT2D eigenvalue weighted by atomic mass is 9.92. The van der Waals surface area contributed by atoms with Crippen molar-refractivity contribution < 1.29 is 23.7 Å². The van der Waals surface area contributed by atoms with Gasteiger partial charge in [-0.05, 0) is 97.5 Å². The van der Waals surface area contributed by atoms with Gasteiger partial charge in [0.25, 0.3) is 0 Å². The molecule has 0 unspecified atom stereocenters. The molecule has 6 rings (SSSR count). The maximum Gasteiger partial charge on any atom is 0.231 e. The van der Waals surface area contributed by atoms with Crippen LogP contribution in [0.4, 0.5) is 0 Å². The van der Waals surface area contributed by atoms with Gasteiger partial charge >= 0.3 is 0 Å². The molecule has 3 aliphatic heterocycles. The van der Waals surface area contributed by atoms with Crippen molar-refractivity contribution >= 4 is 5.78 Å². The second-order valence-electron chi connectivity index (χ2n) is 11.4. The van der Waals surface area contributed by atoms with Gasteiger partial charge in [0.05, 0.1) is 20.3 Å². The van der Waals surface area contributed by atoms with Crippen LogP contribution in [0.5, 0.6) is 23.0 Å². The minimum absolute atomic E-state index is 0.184. The van der Waals surface area contributed by atoms with Gasteiger partial charge in [-0.15, -0.1) is 0 Å². The Morgan fingerprint density at radius 2 is 1.71 bits per heavy atom. The molecule has 0 N–H and O–H groups in total. The third-order valence-corrected chi connectivity index (χ3v) is 8.61. The van der Waals surface area contributed by atoms with Crippen LogP contribution in [0.25, 0.3) is 0 Å². The SMILES string of the molecule is CCc1cc(C)cc(CC)c1C.COc1cc([C@@H]2C[C@H](c3ccc4c(c3)CCO4)N(CC(C)=O)C2)cc2c1OCO2. The van der Waals surface area contributed by atoms with Crippen molar-refractivity contribution in [2.24, 2.45) is 0 Å². The zero-order valence-electron chi connectivity index (χ0n) is 25.3. The first kappa shape index (κ1) is 29.0. The molecule has 0 aromatic heterocycles. The van der Waals surface area contributed by atoms with Crippen molar-refractivity contribution in [2.45, 2.75) is 72.3 Å². The van der Waals surface area contributed by atoms with Gasteiger partial charge in [0.1, 0.15) is 11.5 Å². The summed E-state index contributed by atoms with van der Waals surface area (Å²) in [6.45, 7) is 12.8. The molecule has 1 fully saturated rings. The second kappa shape index (κ2) is 12.6. The Labute approximate surface area is 244 Å². The number of rotatable bonds is 7.